The van der Waals surface area contributed by atoms with E-state index < -0.39 is 0 Å². The highest BCUT2D eigenvalue weighted by Gasteiger charge is 2.04. The van der Waals surface area contributed by atoms with Gasteiger partial charge in [0.2, 0.25) is 0 Å². The van der Waals surface area contributed by atoms with Gasteiger partial charge in [-0.1, -0.05) is 72.3 Å². The van der Waals surface area contributed by atoms with Crippen LogP contribution in [-0.2, 0) is 12.2 Å². The van der Waals surface area contributed by atoms with E-state index in [9.17, 15) is 0 Å². The first-order valence-electron chi connectivity index (χ1n) is 7.30. The molecule has 0 atom stereocenters. The van der Waals surface area contributed by atoms with Crippen LogP contribution >= 0.6 is 23.4 Å². The third kappa shape index (κ3) is 4.16. The number of thioether (sulfide) groups is 1. The second kappa shape index (κ2) is 7.53. The molecular weight excluding hydrogens is 308 g/mol. The van der Waals surface area contributed by atoms with E-state index in [4.69, 9.17) is 11.6 Å². The molecule has 0 aliphatic carbocycles. The van der Waals surface area contributed by atoms with Crippen LogP contribution in [0.15, 0.2) is 83.8 Å². The molecule has 0 aromatic heterocycles. The zero-order chi connectivity index (χ0) is 15.2. The molecule has 0 saturated heterocycles. The molecule has 110 valence electrons. The predicted molar refractivity (Wildman–Crippen MR) is 96.7 cm³/mol. The molecule has 0 nitrogen and oxygen atoms in total. The smallest absolute Gasteiger partial charge is 0.0406 e. The Morgan fingerprint density at radius 1 is 0.682 bits per heavy atom. The molecule has 22 heavy (non-hydrogen) atoms. The van der Waals surface area contributed by atoms with Gasteiger partial charge >= 0.3 is 0 Å². The van der Waals surface area contributed by atoms with Crippen LogP contribution in [0.5, 0.6) is 0 Å². The van der Waals surface area contributed by atoms with Crippen LogP contribution in [0.2, 0.25) is 5.02 Å². The molecule has 0 radical (unpaired) electrons. The fourth-order valence-corrected chi connectivity index (χ4v) is 3.49. The van der Waals surface area contributed by atoms with Crippen LogP contribution in [0.25, 0.3) is 0 Å². The average molecular weight is 325 g/mol. The summed E-state index contributed by atoms with van der Waals surface area (Å²) in [5.74, 6) is 0.998. The van der Waals surface area contributed by atoms with E-state index in [1.807, 2.05) is 23.9 Å². The number of rotatable bonds is 5. The quantitative estimate of drug-likeness (QED) is 0.502. The first-order valence-corrected chi connectivity index (χ1v) is 8.67. The summed E-state index contributed by atoms with van der Waals surface area (Å²) < 4.78 is 0. The Hall–Kier alpha value is -1.70. The van der Waals surface area contributed by atoms with Crippen molar-refractivity contribution >= 4 is 23.4 Å². The molecule has 3 rings (SSSR count). The fourth-order valence-electron chi connectivity index (χ4n) is 2.35. The van der Waals surface area contributed by atoms with E-state index in [0.29, 0.717) is 0 Å². The Morgan fingerprint density at radius 2 is 1.36 bits per heavy atom. The number of hydrogen-bond acceptors (Lipinski definition) is 1. The third-order valence-corrected chi connectivity index (χ3v) is 4.96. The molecule has 0 amide bonds. The molecule has 0 bridgehead atoms. The van der Waals surface area contributed by atoms with Gasteiger partial charge in [-0.15, -0.1) is 11.8 Å². The van der Waals surface area contributed by atoms with Crippen molar-refractivity contribution in [1.82, 2.24) is 0 Å². The molecule has 0 saturated carbocycles. The standard InChI is InChI=1S/C20H17ClS/c21-19-12-10-16(11-13-19)14-18-8-4-5-9-20(18)22-15-17-6-2-1-3-7-17/h1-13H,14-15H2. The lowest BCUT2D eigenvalue weighted by atomic mass is 10.1. The summed E-state index contributed by atoms with van der Waals surface area (Å²) in [4.78, 5) is 1.35. The van der Waals surface area contributed by atoms with Crippen LogP contribution in [0.3, 0.4) is 0 Å². The van der Waals surface area contributed by atoms with Crippen molar-refractivity contribution in [3.05, 3.63) is 101 Å². The molecular formula is C20H17ClS. The number of halogens is 1. The Labute approximate surface area is 141 Å². The minimum atomic E-state index is 0.787. The van der Waals surface area contributed by atoms with Crippen LogP contribution in [0.1, 0.15) is 16.7 Å². The summed E-state index contributed by atoms with van der Waals surface area (Å²) >= 11 is 7.86. The summed E-state index contributed by atoms with van der Waals surface area (Å²) in [5.41, 5.74) is 4.01. The Kier molecular flexibility index (Phi) is 5.20. The van der Waals surface area contributed by atoms with Crippen molar-refractivity contribution in [3.8, 4) is 0 Å². The topological polar surface area (TPSA) is 0 Å². The Morgan fingerprint density at radius 3 is 2.14 bits per heavy atom. The van der Waals surface area contributed by atoms with Crippen molar-refractivity contribution in [2.24, 2.45) is 0 Å². The first-order chi connectivity index (χ1) is 10.8. The summed E-state index contributed by atoms with van der Waals surface area (Å²) in [7, 11) is 0. The largest absolute Gasteiger partial charge is 0.121 e. The van der Waals surface area contributed by atoms with Crippen molar-refractivity contribution in [1.29, 1.82) is 0 Å². The van der Waals surface area contributed by atoms with Crippen molar-refractivity contribution < 1.29 is 0 Å². The van der Waals surface area contributed by atoms with Crippen molar-refractivity contribution in [2.75, 3.05) is 0 Å². The van der Waals surface area contributed by atoms with E-state index in [2.05, 4.69) is 66.7 Å². The predicted octanol–water partition coefficient (Wildman–Crippen LogP) is 6.22. The lowest BCUT2D eigenvalue weighted by Crippen LogP contribution is -1.91. The highest BCUT2D eigenvalue weighted by atomic mass is 35.5. The summed E-state index contributed by atoms with van der Waals surface area (Å²) in [6.07, 6.45) is 0.940. The van der Waals surface area contributed by atoms with Gasteiger partial charge in [0.15, 0.2) is 0 Å². The van der Waals surface area contributed by atoms with Gasteiger partial charge in [0, 0.05) is 15.7 Å². The Bertz CT molecular complexity index is 720. The molecule has 3 aromatic carbocycles. The molecule has 0 N–H and O–H groups in total. The molecule has 3 aromatic rings. The average Bonchev–Trinajstić information content (AvgIpc) is 2.57. The zero-order valence-electron chi connectivity index (χ0n) is 12.2. The maximum Gasteiger partial charge on any atom is 0.0406 e. The van der Waals surface area contributed by atoms with Gasteiger partial charge in [0.25, 0.3) is 0 Å². The van der Waals surface area contributed by atoms with E-state index in [1.54, 1.807) is 0 Å². The van der Waals surface area contributed by atoms with E-state index in [-0.39, 0.29) is 0 Å². The van der Waals surface area contributed by atoms with Gasteiger partial charge < -0.3 is 0 Å². The highest BCUT2D eigenvalue weighted by molar-refractivity contribution is 7.98. The maximum atomic E-state index is 5.96. The van der Waals surface area contributed by atoms with E-state index >= 15 is 0 Å². The fraction of sp³-hybridized carbons (Fsp3) is 0.100. The number of hydrogen-bond donors (Lipinski definition) is 0. The second-order valence-electron chi connectivity index (χ2n) is 5.19. The first kappa shape index (κ1) is 15.2. The van der Waals surface area contributed by atoms with Gasteiger partial charge in [0.05, 0.1) is 0 Å². The van der Waals surface area contributed by atoms with E-state index in [0.717, 1.165) is 17.2 Å². The molecule has 0 fully saturated rings. The maximum absolute atomic E-state index is 5.96. The summed E-state index contributed by atoms with van der Waals surface area (Å²) in [5, 5.41) is 0.787. The molecule has 2 heteroatoms. The molecule has 0 aliphatic heterocycles. The molecule has 0 unspecified atom stereocenters. The zero-order valence-corrected chi connectivity index (χ0v) is 13.8. The van der Waals surface area contributed by atoms with Gasteiger partial charge in [-0.2, -0.15) is 0 Å². The minimum Gasteiger partial charge on any atom is -0.121 e. The van der Waals surface area contributed by atoms with Gasteiger partial charge in [-0.25, -0.2) is 0 Å². The van der Waals surface area contributed by atoms with Crippen LogP contribution in [0.4, 0.5) is 0 Å². The molecule has 0 spiro atoms. The SMILES string of the molecule is Clc1ccc(Cc2ccccc2SCc2ccccc2)cc1. The highest BCUT2D eigenvalue weighted by Crippen LogP contribution is 2.28. The van der Waals surface area contributed by atoms with Gasteiger partial charge in [-0.05, 0) is 41.3 Å². The monoisotopic (exact) mass is 324 g/mol. The van der Waals surface area contributed by atoms with Crippen LogP contribution < -0.4 is 0 Å². The normalized spacial score (nSPS) is 10.6. The van der Waals surface area contributed by atoms with Crippen molar-refractivity contribution in [2.45, 2.75) is 17.1 Å². The third-order valence-electron chi connectivity index (χ3n) is 3.52. The van der Waals surface area contributed by atoms with Crippen LogP contribution in [-0.4, -0.2) is 0 Å². The van der Waals surface area contributed by atoms with E-state index in [1.165, 1.54) is 21.6 Å². The lowest BCUT2D eigenvalue weighted by Gasteiger charge is -2.09. The van der Waals surface area contributed by atoms with Gasteiger partial charge in [-0.3, -0.25) is 0 Å². The second-order valence-corrected chi connectivity index (χ2v) is 6.64. The molecule has 0 heterocycles. The number of benzene rings is 3. The summed E-state index contributed by atoms with van der Waals surface area (Å²) in [6, 6.07) is 27.3. The minimum absolute atomic E-state index is 0.787. The molecule has 0 aliphatic rings. The van der Waals surface area contributed by atoms with Crippen molar-refractivity contribution in [3.63, 3.8) is 0 Å². The Balaban J connectivity index is 1.73. The lowest BCUT2D eigenvalue weighted by molar-refractivity contribution is 1.13. The summed E-state index contributed by atoms with van der Waals surface area (Å²) in [6.45, 7) is 0. The van der Waals surface area contributed by atoms with Crippen LogP contribution in [0, 0.1) is 0 Å². The van der Waals surface area contributed by atoms with Gasteiger partial charge in [0.1, 0.15) is 0 Å².